The molecule has 0 radical (unpaired) electrons. The van der Waals surface area contributed by atoms with E-state index in [9.17, 15) is 0 Å². The molecule has 1 aromatic rings. The Morgan fingerprint density at radius 1 is 1.07 bits per heavy atom. The standard InChI is InChI=1S/C14H19N/c1-2-13-6-8-14(9-7-13)12-15-10-4-3-5-11-15/h2,6-9H,1,3-5,10-12H2. The average Bonchev–Trinajstić information content (AvgIpc) is 2.31. The van der Waals surface area contributed by atoms with E-state index in [2.05, 4.69) is 35.7 Å². The van der Waals surface area contributed by atoms with Crippen molar-refractivity contribution in [3.05, 3.63) is 42.0 Å². The van der Waals surface area contributed by atoms with E-state index in [4.69, 9.17) is 0 Å². The number of hydrogen-bond donors (Lipinski definition) is 0. The van der Waals surface area contributed by atoms with E-state index >= 15 is 0 Å². The topological polar surface area (TPSA) is 3.24 Å². The van der Waals surface area contributed by atoms with Crippen LogP contribution in [-0.4, -0.2) is 18.0 Å². The van der Waals surface area contributed by atoms with Crippen LogP contribution in [0.3, 0.4) is 0 Å². The largest absolute Gasteiger partial charge is 0.299 e. The fourth-order valence-electron chi connectivity index (χ4n) is 2.13. The Morgan fingerprint density at radius 3 is 2.33 bits per heavy atom. The molecule has 0 aromatic heterocycles. The van der Waals surface area contributed by atoms with Gasteiger partial charge in [-0.05, 0) is 37.1 Å². The van der Waals surface area contributed by atoms with Crippen molar-refractivity contribution in [3.63, 3.8) is 0 Å². The summed E-state index contributed by atoms with van der Waals surface area (Å²) in [5.41, 5.74) is 2.62. The van der Waals surface area contributed by atoms with Gasteiger partial charge in [0.15, 0.2) is 0 Å². The first kappa shape index (κ1) is 10.4. The van der Waals surface area contributed by atoms with Crippen molar-refractivity contribution < 1.29 is 0 Å². The Balaban J connectivity index is 1.94. The van der Waals surface area contributed by atoms with Gasteiger partial charge in [0, 0.05) is 6.54 Å². The molecule has 0 N–H and O–H groups in total. The van der Waals surface area contributed by atoms with Gasteiger partial charge < -0.3 is 0 Å². The summed E-state index contributed by atoms with van der Waals surface area (Å²) in [4.78, 5) is 2.55. The lowest BCUT2D eigenvalue weighted by atomic mass is 10.1. The van der Waals surface area contributed by atoms with Gasteiger partial charge >= 0.3 is 0 Å². The molecule has 1 aliphatic rings. The molecule has 15 heavy (non-hydrogen) atoms. The minimum absolute atomic E-state index is 1.11. The molecule has 1 aliphatic heterocycles. The number of hydrogen-bond acceptors (Lipinski definition) is 1. The molecule has 1 aromatic carbocycles. The summed E-state index contributed by atoms with van der Waals surface area (Å²) in [5.74, 6) is 0. The summed E-state index contributed by atoms with van der Waals surface area (Å²) in [6, 6.07) is 8.72. The molecule has 0 unspecified atom stereocenters. The van der Waals surface area contributed by atoms with Gasteiger partial charge in [-0.1, -0.05) is 43.3 Å². The summed E-state index contributed by atoms with van der Waals surface area (Å²) in [6.45, 7) is 7.41. The van der Waals surface area contributed by atoms with Crippen molar-refractivity contribution in [2.45, 2.75) is 25.8 Å². The Morgan fingerprint density at radius 2 is 1.73 bits per heavy atom. The lowest BCUT2D eigenvalue weighted by Gasteiger charge is -2.26. The monoisotopic (exact) mass is 201 g/mol. The van der Waals surface area contributed by atoms with Gasteiger partial charge in [-0.25, -0.2) is 0 Å². The van der Waals surface area contributed by atoms with Gasteiger partial charge in [-0.2, -0.15) is 0 Å². The van der Waals surface area contributed by atoms with Crippen molar-refractivity contribution in [2.24, 2.45) is 0 Å². The van der Waals surface area contributed by atoms with E-state index in [1.807, 2.05) is 6.08 Å². The zero-order valence-electron chi connectivity index (χ0n) is 9.28. The maximum Gasteiger partial charge on any atom is 0.0233 e. The molecule has 1 heteroatoms. The third-order valence-corrected chi connectivity index (χ3v) is 3.07. The quantitative estimate of drug-likeness (QED) is 0.725. The van der Waals surface area contributed by atoms with Crippen LogP contribution < -0.4 is 0 Å². The van der Waals surface area contributed by atoms with Crippen molar-refractivity contribution in [3.8, 4) is 0 Å². The summed E-state index contributed by atoms with van der Waals surface area (Å²) in [7, 11) is 0. The maximum absolute atomic E-state index is 3.77. The second-order valence-electron chi connectivity index (χ2n) is 4.28. The minimum atomic E-state index is 1.11. The predicted octanol–water partition coefficient (Wildman–Crippen LogP) is 3.32. The summed E-state index contributed by atoms with van der Waals surface area (Å²) >= 11 is 0. The van der Waals surface area contributed by atoms with Crippen LogP contribution in [0.5, 0.6) is 0 Å². The first-order chi connectivity index (χ1) is 7.38. The molecule has 2 rings (SSSR count). The van der Waals surface area contributed by atoms with E-state index < -0.39 is 0 Å². The number of piperidine rings is 1. The summed E-state index contributed by atoms with van der Waals surface area (Å²) in [6.07, 6.45) is 6.03. The Labute approximate surface area is 92.4 Å². The first-order valence-electron chi connectivity index (χ1n) is 5.82. The van der Waals surface area contributed by atoms with Gasteiger partial charge in [0.2, 0.25) is 0 Å². The maximum atomic E-state index is 3.77. The number of nitrogens with zero attached hydrogens (tertiary/aromatic N) is 1. The second kappa shape index (κ2) is 5.13. The van der Waals surface area contributed by atoms with Crippen molar-refractivity contribution >= 4 is 6.08 Å². The lowest BCUT2D eigenvalue weighted by Crippen LogP contribution is -2.28. The zero-order valence-corrected chi connectivity index (χ0v) is 9.28. The number of rotatable bonds is 3. The molecule has 0 spiro atoms. The van der Waals surface area contributed by atoms with Crippen LogP contribution in [0, 0.1) is 0 Å². The van der Waals surface area contributed by atoms with E-state index in [-0.39, 0.29) is 0 Å². The second-order valence-corrected chi connectivity index (χ2v) is 4.28. The van der Waals surface area contributed by atoms with Crippen LogP contribution in [-0.2, 0) is 6.54 Å². The molecular formula is C14H19N. The molecule has 1 nitrogen and oxygen atoms in total. The van der Waals surface area contributed by atoms with Gasteiger partial charge in [0.1, 0.15) is 0 Å². The van der Waals surface area contributed by atoms with Crippen LogP contribution in [0.15, 0.2) is 30.8 Å². The van der Waals surface area contributed by atoms with Crippen LogP contribution in [0.2, 0.25) is 0 Å². The molecule has 1 heterocycles. The van der Waals surface area contributed by atoms with Crippen molar-refractivity contribution in [2.75, 3.05) is 13.1 Å². The summed E-state index contributed by atoms with van der Waals surface area (Å²) in [5, 5.41) is 0. The Bertz CT molecular complexity index is 307. The molecular weight excluding hydrogens is 182 g/mol. The highest BCUT2D eigenvalue weighted by atomic mass is 15.1. The van der Waals surface area contributed by atoms with Gasteiger partial charge in [-0.3, -0.25) is 4.90 Å². The van der Waals surface area contributed by atoms with E-state index in [0.29, 0.717) is 0 Å². The third-order valence-electron chi connectivity index (χ3n) is 3.07. The first-order valence-corrected chi connectivity index (χ1v) is 5.82. The Hall–Kier alpha value is -1.08. The highest BCUT2D eigenvalue weighted by Gasteiger charge is 2.09. The predicted molar refractivity (Wildman–Crippen MR) is 65.7 cm³/mol. The molecule has 1 saturated heterocycles. The van der Waals surface area contributed by atoms with Crippen molar-refractivity contribution in [1.82, 2.24) is 4.90 Å². The van der Waals surface area contributed by atoms with E-state index in [0.717, 1.165) is 6.54 Å². The molecule has 0 aliphatic carbocycles. The van der Waals surface area contributed by atoms with Crippen LogP contribution >= 0.6 is 0 Å². The van der Waals surface area contributed by atoms with Gasteiger partial charge in [0.05, 0.1) is 0 Å². The van der Waals surface area contributed by atoms with Gasteiger partial charge in [-0.15, -0.1) is 0 Å². The molecule has 0 saturated carbocycles. The van der Waals surface area contributed by atoms with E-state index in [1.54, 1.807) is 0 Å². The van der Waals surface area contributed by atoms with Crippen LogP contribution in [0.25, 0.3) is 6.08 Å². The fourth-order valence-corrected chi connectivity index (χ4v) is 2.13. The third kappa shape index (κ3) is 2.93. The SMILES string of the molecule is C=Cc1ccc(CN2CCCCC2)cc1. The minimum Gasteiger partial charge on any atom is -0.299 e. The zero-order chi connectivity index (χ0) is 10.5. The average molecular weight is 201 g/mol. The number of likely N-dealkylation sites (tertiary alicyclic amines) is 1. The highest BCUT2D eigenvalue weighted by molar-refractivity contribution is 5.47. The molecule has 80 valence electrons. The molecule has 0 amide bonds. The Kier molecular flexibility index (Phi) is 3.57. The molecule has 1 fully saturated rings. The van der Waals surface area contributed by atoms with Crippen LogP contribution in [0.4, 0.5) is 0 Å². The van der Waals surface area contributed by atoms with Crippen LogP contribution in [0.1, 0.15) is 30.4 Å². The lowest BCUT2D eigenvalue weighted by molar-refractivity contribution is 0.221. The van der Waals surface area contributed by atoms with Crippen molar-refractivity contribution in [1.29, 1.82) is 0 Å². The van der Waals surface area contributed by atoms with Gasteiger partial charge in [0.25, 0.3) is 0 Å². The molecule has 0 atom stereocenters. The molecule has 0 bridgehead atoms. The summed E-state index contributed by atoms with van der Waals surface area (Å²) < 4.78 is 0. The van der Waals surface area contributed by atoms with E-state index in [1.165, 1.54) is 43.5 Å². The smallest absolute Gasteiger partial charge is 0.0233 e. The number of benzene rings is 1. The fraction of sp³-hybridized carbons (Fsp3) is 0.429. The highest BCUT2D eigenvalue weighted by Crippen LogP contribution is 2.13. The normalized spacial score (nSPS) is 17.6.